The molecule has 0 unspecified atom stereocenters. The second-order valence-electron chi connectivity index (χ2n) is 6.03. The van der Waals surface area contributed by atoms with E-state index >= 15 is 0 Å². The first kappa shape index (κ1) is 18.9. The van der Waals surface area contributed by atoms with Crippen LogP contribution in [0.15, 0.2) is 42.1 Å². The van der Waals surface area contributed by atoms with Crippen molar-refractivity contribution in [2.45, 2.75) is 50.9 Å². The van der Waals surface area contributed by atoms with Crippen LogP contribution in [0.5, 0.6) is 0 Å². The Kier molecular flexibility index (Phi) is 7.08. The highest BCUT2D eigenvalue weighted by atomic mass is 35.5. The predicted molar refractivity (Wildman–Crippen MR) is 105 cm³/mol. The van der Waals surface area contributed by atoms with E-state index in [1.54, 1.807) is 24.4 Å². The third kappa shape index (κ3) is 5.08. The Morgan fingerprint density at radius 1 is 1.04 bits per heavy atom. The van der Waals surface area contributed by atoms with E-state index in [1.165, 1.54) is 19.3 Å². The summed E-state index contributed by atoms with van der Waals surface area (Å²) >= 11 is 7.72. The van der Waals surface area contributed by atoms with Gasteiger partial charge in [-0.25, -0.2) is 4.98 Å². The minimum atomic E-state index is 0.727. The molecule has 0 amide bonds. The van der Waals surface area contributed by atoms with Crippen molar-refractivity contribution in [2.75, 3.05) is 5.75 Å². The minimum Gasteiger partial charge on any atom is -0.302 e. The number of thioether (sulfide) groups is 1. The molecule has 0 saturated carbocycles. The number of hydrogen-bond donors (Lipinski definition) is 0. The number of nitrogens with zero attached hydrogens (tertiary/aromatic N) is 6. The van der Waals surface area contributed by atoms with Crippen LogP contribution >= 0.6 is 23.4 Å². The Hall–Kier alpha value is -1.86. The molecule has 8 heteroatoms. The third-order valence-corrected chi connectivity index (χ3v) is 5.27. The molecule has 0 aliphatic rings. The maximum Gasteiger partial charge on any atom is 0.191 e. The molecule has 0 bridgehead atoms. The van der Waals surface area contributed by atoms with Crippen LogP contribution in [-0.2, 0) is 13.1 Å². The number of aromatic nitrogens is 6. The number of aryl methyl sites for hydroxylation is 1. The standard InChI is InChI=1S/C18H23ClN6S/c1-2-3-4-5-10-25-17(15-6-8-16(19)9-7-15)22-23-18(25)26-12-11-24-14-20-13-21-24/h6-9,13-14H,2-5,10-12H2,1H3. The summed E-state index contributed by atoms with van der Waals surface area (Å²) in [7, 11) is 0. The first-order chi connectivity index (χ1) is 12.8. The fourth-order valence-corrected chi connectivity index (χ4v) is 3.70. The minimum absolute atomic E-state index is 0.727. The molecule has 6 nitrogen and oxygen atoms in total. The number of benzene rings is 1. The molecule has 0 N–H and O–H groups in total. The Bertz CT molecular complexity index is 785. The molecular formula is C18H23ClN6S. The van der Waals surface area contributed by atoms with Crippen molar-refractivity contribution < 1.29 is 0 Å². The summed E-state index contributed by atoms with van der Waals surface area (Å²) in [6.07, 6.45) is 8.12. The fraction of sp³-hybridized carbons (Fsp3) is 0.444. The number of hydrogen-bond acceptors (Lipinski definition) is 5. The molecule has 2 aromatic heterocycles. The van der Waals surface area contributed by atoms with Crippen molar-refractivity contribution in [1.29, 1.82) is 0 Å². The zero-order valence-electron chi connectivity index (χ0n) is 14.9. The maximum absolute atomic E-state index is 6.02. The summed E-state index contributed by atoms with van der Waals surface area (Å²) in [5.74, 6) is 1.78. The molecule has 2 heterocycles. The largest absolute Gasteiger partial charge is 0.302 e. The van der Waals surface area contributed by atoms with E-state index in [1.807, 2.05) is 28.9 Å². The number of halogens is 1. The smallest absolute Gasteiger partial charge is 0.191 e. The Morgan fingerprint density at radius 2 is 1.88 bits per heavy atom. The summed E-state index contributed by atoms with van der Waals surface area (Å²) in [6.45, 7) is 3.95. The summed E-state index contributed by atoms with van der Waals surface area (Å²) < 4.78 is 4.06. The monoisotopic (exact) mass is 390 g/mol. The molecule has 0 fully saturated rings. The lowest BCUT2D eigenvalue weighted by molar-refractivity contribution is 0.556. The predicted octanol–water partition coefficient (Wildman–Crippen LogP) is 4.56. The quantitative estimate of drug-likeness (QED) is 0.375. The zero-order valence-corrected chi connectivity index (χ0v) is 16.5. The van der Waals surface area contributed by atoms with Gasteiger partial charge in [-0.2, -0.15) is 5.10 Å². The van der Waals surface area contributed by atoms with Gasteiger partial charge in [0.15, 0.2) is 11.0 Å². The highest BCUT2D eigenvalue weighted by molar-refractivity contribution is 7.99. The number of rotatable bonds is 10. The van der Waals surface area contributed by atoms with Crippen LogP contribution in [-0.4, -0.2) is 35.3 Å². The van der Waals surface area contributed by atoms with E-state index in [0.29, 0.717) is 0 Å². The maximum atomic E-state index is 6.02. The van der Waals surface area contributed by atoms with Crippen LogP contribution in [0.3, 0.4) is 0 Å². The van der Waals surface area contributed by atoms with Crippen LogP contribution < -0.4 is 0 Å². The lowest BCUT2D eigenvalue weighted by atomic mass is 10.2. The van der Waals surface area contributed by atoms with Crippen molar-refractivity contribution in [3.63, 3.8) is 0 Å². The first-order valence-corrected chi connectivity index (χ1v) is 10.3. The van der Waals surface area contributed by atoms with Gasteiger partial charge in [0.25, 0.3) is 0 Å². The molecule has 0 aliphatic carbocycles. The molecule has 3 rings (SSSR count). The van der Waals surface area contributed by atoms with Gasteiger partial charge in [0.1, 0.15) is 12.7 Å². The van der Waals surface area contributed by atoms with Gasteiger partial charge in [-0.3, -0.25) is 4.68 Å². The molecule has 26 heavy (non-hydrogen) atoms. The number of unbranched alkanes of at least 4 members (excludes halogenated alkanes) is 3. The normalized spacial score (nSPS) is 11.2. The van der Waals surface area contributed by atoms with E-state index < -0.39 is 0 Å². The van der Waals surface area contributed by atoms with Crippen molar-refractivity contribution in [2.24, 2.45) is 0 Å². The van der Waals surface area contributed by atoms with Gasteiger partial charge >= 0.3 is 0 Å². The molecule has 0 atom stereocenters. The van der Waals surface area contributed by atoms with Crippen molar-refractivity contribution >= 4 is 23.4 Å². The Morgan fingerprint density at radius 3 is 2.62 bits per heavy atom. The SMILES string of the molecule is CCCCCCn1c(SCCn2cncn2)nnc1-c1ccc(Cl)cc1. The summed E-state index contributed by atoms with van der Waals surface area (Å²) in [5.41, 5.74) is 1.04. The highest BCUT2D eigenvalue weighted by Gasteiger charge is 2.14. The van der Waals surface area contributed by atoms with E-state index in [9.17, 15) is 0 Å². The average Bonchev–Trinajstić information content (AvgIpc) is 3.30. The van der Waals surface area contributed by atoms with Crippen LogP contribution in [0.2, 0.25) is 5.02 Å². The molecule has 138 valence electrons. The average molecular weight is 391 g/mol. The van der Waals surface area contributed by atoms with Gasteiger partial charge in [-0.15, -0.1) is 10.2 Å². The van der Waals surface area contributed by atoms with E-state index in [0.717, 1.165) is 46.8 Å². The van der Waals surface area contributed by atoms with Gasteiger partial charge in [0.05, 0.1) is 6.54 Å². The van der Waals surface area contributed by atoms with Crippen LogP contribution in [0, 0.1) is 0 Å². The summed E-state index contributed by atoms with van der Waals surface area (Å²) in [6, 6.07) is 7.78. The van der Waals surface area contributed by atoms with Gasteiger partial charge < -0.3 is 4.57 Å². The van der Waals surface area contributed by atoms with Crippen LogP contribution in [0.1, 0.15) is 32.6 Å². The molecule has 0 radical (unpaired) electrons. The molecule has 0 saturated heterocycles. The van der Waals surface area contributed by atoms with Gasteiger partial charge in [-0.1, -0.05) is 49.5 Å². The Balaban J connectivity index is 1.72. The highest BCUT2D eigenvalue weighted by Crippen LogP contribution is 2.26. The van der Waals surface area contributed by atoms with E-state index in [2.05, 4.69) is 31.8 Å². The zero-order chi connectivity index (χ0) is 18.2. The van der Waals surface area contributed by atoms with Crippen molar-refractivity contribution in [1.82, 2.24) is 29.5 Å². The second-order valence-corrected chi connectivity index (χ2v) is 7.53. The molecule has 0 aliphatic heterocycles. The van der Waals surface area contributed by atoms with E-state index in [-0.39, 0.29) is 0 Å². The van der Waals surface area contributed by atoms with Crippen molar-refractivity contribution in [3.8, 4) is 11.4 Å². The molecule has 1 aromatic carbocycles. The van der Waals surface area contributed by atoms with Crippen LogP contribution in [0.4, 0.5) is 0 Å². The molecular weight excluding hydrogens is 368 g/mol. The van der Waals surface area contributed by atoms with Gasteiger partial charge in [-0.05, 0) is 30.7 Å². The van der Waals surface area contributed by atoms with E-state index in [4.69, 9.17) is 11.6 Å². The van der Waals surface area contributed by atoms with Crippen LogP contribution in [0.25, 0.3) is 11.4 Å². The Labute approximate surface area is 163 Å². The lowest BCUT2D eigenvalue weighted by Crippen LogP contribution is -2.05. The summed E-state index contributed by atoms with van der Waals surface area (Å²) in [5, 5.41) is 14.7. The fourth-order valence-electron chi connectivity index (χ4n) is 2.68. The van der Waals surface area contributed by atoms with Gasteiger partial charge in [0, 0.05) is 22.9 Å². The first-order valence-electron chi connectivity index (χ1n) is 8.92. The topological polar surface area (TPSA) is 61.4 Å². The molecule has 3 aromatic rings. The van der Waals surface area contributed by atoms with Gasteiger partial charge in [0.2, 0.25) is 0 Å². The third-order valence-electron chi connectivity index (χ3n) is 4.07. The second kappa shape index (κ2) is 9.73. The lowest BCUT2D eigenvalue weighted by Gasteiger charge is -2.10. The van der Waals surface area contributed by atoms with Crippen molar-refractivity contribution in [3.05, 3.63) is 41.9 Å². The summed E-state index contributed by atoms with van der Waals surface area (Å²) in [4.78, 5) is 3.97. The molecule has 0 spiro atoms.